The number of hydrogen-bond acceptors (Lipinski definition) is 3. The number of nitrogens with zero attached hydrogens (tertiary/aromatic N) is 3. The van der Waals surface area contributed by atoms with Crippen LogP contribution in [-0.4, -0.2) is 10.8 Å². The largest absolute Gasteiger partial charge is 0.391 e. The van der Waals surface area contributed by atoms with Crippen molar-refractivity contribution >= 4 is 17.0 Å². The second kappa shape index (κ2) is 8.04. The van der Waals surface area contributed by atoms with Crippen LogP contribution in [0.15, 0.2) is 78.0 Å². The summed E-state index contributed by atoms with van der Waals surface area (Å²) in [5.41, 5.74) is 5.80. The molecule has 1 aromatic heterocycles. The lowest BCUT2D eigenvalue weighted by Crippen LogP contribution is -1.99. The number of aryl methyl sites for hydroxylation is 1. The first-order valence-electron chi connectivity index (χ1n) is 9.49. The van der Waals surface area contributed by atoms with Gasteiger partial charge in [-0.25, -0.2) is 0 Å². The van der Waals surface area contributed by atoms with E-state index in [1.54, 1.807) is 12.3 Å². The number of fused-ring (bicyclic) bond motifs is 1. The van der Waals surface area contributed by atoms with Crippen LogP contribution in [0.25, 0.3) is 16.5 Å². The van der Waals surface area contributed by atoms with Gasteiger partial charge in [-0.3, -0.25) is 0 Å². The normalized spacial score (nSPS) is 11.1. The van der Waals surface area contributed by atoms with E-state index >= 15 is 0 Å². The van der Waals surface area contributed by atoms with Crippen LogP contribution in [0.5, 0.6) is 0 Å². The number of nitriles is 1. The third-order valence-electron chi connectivity index (χ3n) is 5.09. The molecule has 0 amide bonds. The van der Waals surface area contributed by atoms with Gasteiger partial charge < -0.3 is 9.40 Å². The highest BCUT2D eigenvalue weighted by molar-refractivity contribution is 5.85. The van der Waals surface area contributed by atoms with Crippen LogP contribution in [0, 0.1) is 25.2 Å². The van der Waals surface area contributed by atoms with Crippen molar-refractivity contribution in [3.63, 3.8) is 0 Å². The van der Waals surface area contributed by atoms with Crippen molar-refractivity contribution in [2.75, 3.05) is 0 Å². The molecule has 0 saturated carbocycles. The Morgan fingerprint density at radius 3 is 2.55 bits per heavy atom. The molecule has 1 heterocycles. The zero-order valence-electron chi connectivity index (χ0n) is 16.5. The zero-order valence-corrected chi connectivity index (χ0v) is 16.5. The van der Waals surface area contributed by atoms with Crippen molar-refractivity contribution in [3.8, 4) is 11.8 Å². The maximum atomic E-state index is 9.15. The van der Waals surface area contributed by atoms with Gasteiger partial charge >= 0.3 is 0 Å². The molecule has 4 nitrogen and oxygen atoms in total. The number of hydrogen-bond donors (Lipinski definition) is 0. The smallest absolute Gasteiger partial charge is 0.143 e. The van der Waals surface area contributed by atoms with E-state index in [9.17, 15) is 0 Å². The Labute approximate surface area is 170 Å². The molecule has 0 saturated heterocycles. The number of rotatable bonds is 5. The van der Waals surface area contributed by atoms with Crippen LogP contribution >= 0.6 is 0 Å². The molecule has 0 fully saturated rings. The number of aromatic nitrogens is 1. The Balaban J connectivity index is 1.55. The topological polar surface area (TPSA) is 50.3 Å². The molecule has 3 aromatic carbocycles. The van der Waals surface area contributed by atoms with Crippen LogP contribution in [-0.2, 0) is 11.4 Å². The third kappa shape index (κ3) is 3.76. The lowest BCUT2D eigenvalue weighted by molar-refractivity contribution is 0.132. The summed E-state index contributed by atoms with van der Waals surface area (Å²) in [4.78, 5) is 5.44. The van der Waals surface area contributed by atoms with Crippen LogP contribution < -0.4 is 0 Å². The summed E-state index contributed by atoms with van der Waals surface area (Å²) in [6, 6.07) is 26.5. The maximum Gasteiger partial charge on any atom is 0.143 e. The maximum absolute atomic E-state index is 9.15. The molecule has 0 spiro atoms. The van der Waals surface area contributed by atoms with Gasteiger partial charge in [0, 0.05) is 28.2 Å². The van der Waals surface area contributed by atoms with Crippen LogP contribution in [0.2, 0.25) is 0 Å². The molecule has 0 N–H and O–H groups in total. The summed E-state index contributed by atoms with van der Waals surface area (Å²) in [7, 11) is 0. The van der Waals surface area contributed by atoms with Crippen molar-refractivity contribution in [1.29, 1.82) is 5.26 Å². The minimum atomic E-state index is 0.268. The molecule has 0 atom stereocenters. The van der Waals surface area contributed by atoms with E-state index in [1.165, 1.54) is 10.8 Å². The van der Waals surface area contributed by atoms with E-state index in [0.717, 1.165) is 28.2 Å². The number of oxime groups is 1. The van der Waals surface area contributed by atoms with Crippen LogP contribution in [0.3, 0.4) is 0 Å². The summed E-state index contributed by atoms with van der Waals surface area (Å²) in [5, 5.41) is 15.7. The minimum Gasteiger partial charge on any atom is -0.391 e. The molecular formula is C25H21N3O. The molecule has 29 heavy (non-hydrogen) atoms. The summed E-state index contributed by atoms with van der Waals surface area (Å²) in [6.07, 6.45) is 1.73. The Morgan fingerprint density at radius 2 is 1.72 bits per heavy atom. The van der Waals surface area contributed by atoms with E-state index in [2.05, 4.69) is 78.2 Å². The van der Waals surface area contributed by atoms with E-state index in [1.807, 2.05) is 18.2 Å². The summed E-state index contributed by atoms with van der Waals surface area (Å²) in [5.74, 6) is 0. The quantitative estimate of drug-likeness (QED) is 0.331. The average Bonchev–Trinajstić information content (AvgIpc) is 3.04. The van der Waals surface area contributed by atoms with Gasteiger partial charge in [-0.05, 0) is 48.9 Å². The van der Waals surface area contributed by atoms with Gasteiger partial charge in [0.15, 0.2) is 0 Å². The minimum absolute atomic E-state index is 0.268. The molecule has 4 heteroatoms. The van der Waals surface area contributed by atoms with Crippen molar-refractivity contribution in [3.05, 3.63) is 101 Å². The first-order chi connectivity index (χ1) is 14.2. The van der Waals surface area contributed by atoms with Gasteiger partial charge in [0.1, 0.15) is 6.61 Å². The second-order valence-electron chi connectivity index (χ2n) is 6.97. The molecule has 142 valence electrons. The lowest BCUT2D eigenvalue weighted by Gasteiger charge is -2.11. The summed E-state index contributed by atoms with van der Waals surface area (Å²) >= 11 is 0. The molecule has 4 aromatic rings. The Hall–Kier alpha value is -3.84. The monoisotopic (exact) mass is 379 g/mol. The SMILES string of the molecule is Cc1cc(/C=N\OCc2ccccc2C#N)c(C)n1-c1ccc2ccccc2c1. The highest BCUT2D eigenvalue weighted by Gasteiger charge is 2.10. The van der Waals surface area contributed by atoms with E-state index in [-0.39, 0.29) is 6.61 Å². The van der Waals surface area contributed by atoms with Gasteiger partial charge in [-0.2, -0.15) is 5.26 Å². The van der Waals surface area contributed by atoms with Crippen LogP contribution in [0.1, 0.15) is 28.1 Å². The number of benzene rings is 3. The molecule has 0 aliphatic carbocycles. The molecule has 0 bridgehead atoms. The van der Waals surface area contributed by atoms with E-state index in [4.69, 9.17) is 10.1 Å². The van der Waals surface area contributed by atoms with Gasteiger partial charge in [0.2, 0.25) is 0 Å². The Bertz CT molecular complexity index is 1240. The Kier molecular flexibility index (Phi) is 5.13. The van der Waals surface area contributed by atoms with Crippen LogP contribution in [0.4, 0.5) is 0 Å². The van der Waals surface area contributed by atoms with Gasteiger partial charge in [0.25, 0.3) is 0 Å². The zero-order chi connectivity index (χ0) is 20.2. The van der Waals surface area contributed by atoms with Gasteiger partial charge in [0.05, 0.1) is 17.8 Å². The van der Waals surface area contributed by atoms with Gasteiger partial charge in [-0.1, -0.05) is 53.7 Å². The van der Waals surface area contributed by atoms with Crippen molar-refractivity contribution < 1.29 is 4.84 Å². The molecule has 4 rings (SSSR count). The fraction of sp³-hybridized carbons (Fsp3) is 0.120. The van der Waals surface area contributed by atoms with E-state index < -0.39 is 0 Å². The fourth-order valence-corrected chi connectivity index (χ4v) is 3.59. The fourth-order valence-electron chi connectivity index (χ4n) is 3.59. The van der Waals surface area contributed by atoms with Crippen molar-refractivity contribution in [2.45, 2.75) is 20.5 Å². The highest BCUT2D eigenvalue weighted by atomic mass is 16.6. The lowest BCUT2D eigenvalue weighted by atomic mass is 10.1. The first kappa shape index (κ1) is 18.5. The van der Waals surface area contributed by atoms with E-state index in [0.29, 0.717) is 5.56 Å². The molecular weight excluding hydrogens is 358 g/mol. The summed E-state index contributed by atoms with van der Waals surface area (Å²) in [6.45, 7) is 4.43. The second-order valence-corrected chi connectivity index (χ2v) is 6.97. The van der Waals surface area contributed by atoms with Gasteiger partial charge in [-0.15, -0.1) is 0 Å². The predicted octanol–water partition coefficient (Wildman–Crippen LogP) is 5.67. The molecule has 0 aliphatic rings. The standard InChI is InChI=1S/C25H21N3O/c1-18-13-24(16-27-29-17-23-10-6-5-9-22(23)15-26)19(2)28(18)25-12-11-20-7-3-4-8-21(20)14-25/h3-14,16H,17H2,1-2H3/b27-16-. The highest BCUT2D eigenvalue weighted by Crippen LogP contribution is 2.23. The third-order valence-corrected chi connectivity index (χ3v) is 5.09. The Morgan fingerprint density at radius 1 is 0.966 bits per heavy atom. The average molecular weight is 379 g/mol. The molecule has 0 aliphatic heterocycles. The van der Waals surface area contributed by atoms with Crippen molar-refractivity contribution in [2.24, 2.45) is 5.16 Å². The molecule has 0 radical (unpaired) electrons. The van der Waals surface area contributed by atoms with Crippen molar-refractivity contribution in [1.82, 2.24) is 4.57 Å². The summed E-state index contributed by atoms with van der Waals surface area (Å²) < 4.78 is 2.22. The first-order valence-corrected chi connectivity index (χ1v) is 9.49. The molecule has 0 unspecified atom stereocenters. The predicted molar refractivity (Wildman–Crippen MR) is 116 cm³/mol.